The third-order valence-corrected chi connectivity index (χ3v) is 7.08. The van der Waals surface area contributed by atoms with Gasteiger partial charge in [-0.25, -0.2) is 14.5 Å². The van der Waals surface area contributed by atoms with Gasteiger partial charge in [-0.15, -0.1) is 30.3 Å². The first-order valence-corrected chi connectivity index (χ1v) is 13.3. The normalized spacial score (nSPS) is 11.2. The van der Waals surface area contributed by atoms with E-state index in [9.17, 15) is 0 Å². The second kappa shape index (κ2) is 11.3. The van der Waals surface area contributed by atoms with Crippen LogP contribution < -0.4 is 9.64 Å². The molecule has 0 aliphatic heterocycles. The van der Waals surface area contributed by atoms with Crippen molar-refractivity contribution >= 4 is 44.5 Å². The molecule has 0 aliphatic carbocycles. The van der Waals surface area contributed by atoms with E-state index in [-0.39, 0.29) is 26.8 Å². The van der Waals surface area contributed by atoms with E-state index in [1.165, 1.54) is 18.0 Å². The number of benzene rings is 4. The summed E-state index contributed by atoms with van der Waals surface area (Å²) in [5.74, 6) is 0.845. The van der Waals surface area contributed by atoms with Crippen LogP contribution in [0.25, 0.3) is 27.3 Å². The van der Waals surface area contributed by atoms with Crippen molar-refractivity contribution in [3.63, 3.8) is 0 Å². The second-order valence-electron chi connectivity index (χ2n) is 10.0. The fourth-order valence-corrected chi connectivity index (χ4v) is 5.07. The molecule has 0 bridgehead atoms. The SMILES string of the molecule is CC(C)c1ccnc(N(c2[c-]c(Oc3[c-]c4c(cc3F)c3ccccc3c3ncnn43)ccc2)c2ccccc2)c1.[Pt+2]. The summed E-state index contributed by atoms with van der Waals surface area (Å²) in [7, 11) is 0. The van der Waals surface area contributed by atoms with Gasteiger partial charge in [0.2, 0.25) is 0 Å². The zero-order valence-electron chi connectivity index (χ0n) is 22.7. The Morgan fingerprint density at radius 3 is 2.43 bits per heavy atom. The number of hydrogen-bond donors (Lipinski definition) is 0. The fraction of sp³-hybridized carbons (Fsp3) is 0.0882. The topological polar surface area (TPSA) is 55.5 Å². The van der Waals surface area contributed by atoms with Crippen LogP contribution in [-0.4, -0.2) is 19.6 Å². The Morgan fingerprint density at radius 1 is 0.833 bits per heavy atom. The summed E-state index contributed by atoms with van der Waals surface area (Å²) in [5.41, 5.74) is 4.03. The largest absolute Gasteiger partial charge is 2.00 e. The van der Waals surface area contributed by atoms with Crippen molar-refractivity contribution in [3.8, 4) is 11.5 Å². The van der Waals surface area contributed by atoms with Crippen molar-refractivity contribution in [2.24, 2.45) is 0 Å². The average molecular weight is 733 g/mol. The Kier molecular flexibility index (Phi) is 7.44. The molecule has 6 nitrogen and oxygen atoms in total. The first-order valence-electron chi connectivity index (χ1n) is 13.3. The Bertz CT molecular complexity index is 2040. The first kappa shape index (κ1) is 27.6. The van der Waals surface area contributed by atoms with Gasteiger partial charge in [-0.05, 0) is 41.3 Å². The molecule has 3 aromatic heterocycles. The fourth-order valence-electron chi connectivity index (χ4n) is 5.07. The van der Waals surface area contributed by atoms with Crippen LogP contribution >= 0.6 is 0 Å². The maximum absolute atomic E-state index is 15.5. The van der Waals surface area contributed by atoms with Crippen LogP contribution in [0.15, 0.2) is 104 Å². The van der Waals surface area contributed by atoms with E-state index in [2.05, 4.69) is 47.1 Å². The second-order valence-corrected chi connectivity index (χ2v) is 10.0. The van der Waals surface area contributed by atoms with E-state index in [1.54, 1.807) is 10.6 Å². The summed E-state index contributed by atoms with van der Waals surface area (Å²) >= 11 is 0. The van der Waals surface area contributed by atoms with Crippen LogP contribution in [0.2, 0.25) is 0 Å². The van der Waals surface area contributed by atoms with Crippen molar-refractivity contribution in [2.45, 2.75) is 19.8 Å². The Hall–Kier alpha value is -4.61. The third-order valence-electron chi connectivity index (χ3n) is 7.08. The van der Waals surface area contributed by atoms with Crippen LogP contribution in [0, 0.1) is 17.9 Å². The smallest absolute Gasteiger partial charge is 0.506 e. The molecular weight excluding hydrogens is 708 g/mol. The molecule has 0 radical (unpaired) electrons. The summed E-state index contributed by atoms with van der Waals surface area (Å²) < 4.78 is 23.3. The Labute approximate surface area is 256 Å². The van der Waals surface area contributed by atoms with Gasteiger partial charge in [-0.2, -0.15) is 11.2 Å². The molecule has 0 saturated carbocycles. The van der Waals surface area contributed by atoms with Gasteiger partial charge in [0.1, 0.15) is 12.1 Å². The van der Waals surface area contributed by atoms with Crippen LogP contribution in [-0.2, 0) is 21.1 Å². The van der Waals surface area contributed by atoms with Crippen LogP contribution in [0.3, 0.4) is 0 Å². The molecule has 0 unspecified atom stereocenters. The summed E-state index contributed by atoms with van der Waals surface area (Å²) in [5, 5.41) is 6.80. The van der Waals surface area contributed by atoms with Gasteiger partial charge in [0.15, 0.2) is 5.65 Å². The molecule has 208 valence electrons. The van der Waals surface area contributed by atoms with Gasteiger partial charge in [0, 0.05) is 28.8 Å². The van der Waals surface area contributed by atoms with Crippen molar-refractivity contribution in [2.75, 3.05) is 4.90 Å². The zero-order valence-corrected chi connectivity index (χ0v) is 25.0. The molecule has 42 heavy (non-hydrogen) atoms. The predicted molar refractivity (Wildman–Crippen MR) is 159 cm³/mol. The van der Waals surface area contributed by atoms with E-state index in [0.717, 1.165) is 22.3 Å². The summed E-state index contributed by atoms with van der Waals surface area (Å²) in [6.45, 7) is 4.30. The molecule has 4 aromatic carbocycles. The number of para-hydroxylation sites is 1. The van der Waals surface area contributed by atoms with Gasteiger partial charge >= 0.3 is 21.1 Å². The minimum Gasteiger partial charge on any atom is -0.506 e. The van der Waals surface area contributed by atoms with Crippen molar-refractivity contribution in [3.05, 3.63) is 127 Å². The van der Waals surface area contributed by atoms with Crippen LogP contribution in [0.4, 0.5) is 21.6 Å². The maximum Gasteiger partial charge on any atom is 2.00 e. The molecule has 7 rings (SSSR count). The molecule has 8 heteroatoms. The number of pyridine rings is 2. The van der Waals surface area contributed by atoms with Crippen molar-refractivity contribution in [1.29, 1.82) is 0 Å². The Morgan fingerprint density at radius 2 is 1.62 bits per heavy atom. The molecule has 7 aromatic rings. The molecular formula is C34H24FN5OPt. The minimum absolute atomic E-state index is 0. The molecule has 0 spiro atoms. The molecule has 0 atom stereocenters. The van der Waals surface area contributed by atoms with Gasteiger partial charge in [0.05, 0.1) is 5.82 Å². The average Bonchev–Trinajstić information content (AvgIpc) is 3.50. The number of rotatable bonds is 6. The number of ether oxygens (including phenoxy) is 1. The van der Waals surface area contributed by atoms with Crippen LogP contribution in [0.1, 0.15) is 25.3 Å². The minimum atomic E-state index is -0.535. The number of hydrogen-bond acceptors (Lipinski definition) is 5. The van der Waals surface area contributed by atoms with Gasteiger partial charge in [0.25, 0.3) is 0 Å². The van der Waals surface area contributed by atoms with Gasteiger partial charge < -0.3 is 9.64 Å². The van der Waals surface area contributed by atoms with Crippen molar-refractivity contribution < 1.29 is 30.2 Å². The van der Waals surface area contributed by atoms with E-state index in [0.29, 0.717) is 33.9 Å². The first-order chi connectivity index (χ1) is 20.1. The van der Waals surface area contributed by atoms with Crippen molar-refractivity contribution in [1.82, 2.24) is 19.6 Å². The molecule has 0 N–H and O–H groups in total. The number of aromatic nitrogens is 4. The molecule has 0 fully saturated rings. The van der Waals surface area contributed by atoms with Crippen LogP contribution in [0.5, 0.6) is 11.5 Å². The number of nitrogens with zero attached hydrogens (tertiary/aromatic N) is 5. The van der Waals surface area contributed by atoms with E-state index < -0.39 is 5.82 Å². The van der Waals surface area contributed by atoms with Gasteiger partial charge in [-0.1, -0.05) is 72.8 Å². The summed E-state index contributed by atoms with van der Waals surface area (Å²) in [6.07, 6.45) is 3.30. The van der Waals surface area contributed by atoms with Gasteiger partial charge in [-0.3, -0.25) is 4.39 Å². The monoisotopic (exact) mass is 732 g/mol. The van der Waals surface area contributed by atoms with E-state index in [1.807, 2.05) is 83.9 Å². The van der Waals surface area contributed by atoms with E-state index >= 15 is 4.39 Å². The quantitative estimate of drug-likeness (QED) is 0.127. The maximum atomic E-state index is 15.5. The predicted octanol–water partition coefficient (Wildman–Crippen LogP) is 8.55. The summed E-state index contributed by atoms with van der Waals surface area (Å²) in [6, 6.07) is 35.2. The molecule has 0 saturated heterocycles. The number of halogens is 1. The Balaban J connectivity index is 0.00000316. The molecule has 3 heterocycles. The van der Waals surface area contributed by atoms with E-state index in [4.69, 9.17) is 4.74 Å². The summed E-state index contributed by atoms with van der Waals surface area (Å²) in [4.78, 5) is 11.1. The zero-order chi connectivity index (χ0) is 27.9. The third kappa shape index (κ3) is 4.90. The number of anilines is 3. The molecule has 0 aliphatic rings. The number of fused-ring (bicyclic) bond motifs is 6. The standard InChI is InChI=1S/C34H24FN5O.Pt/c1-22(2)23-15-16-36-33(17-23)39(24-9-4-3-5-10-24)25-11-8-12-26(18-25)41-32-20-31-29(19-30(32)35)27-13-6-7-14-28(27)34-37-21-38-40(31)34;/h3-17,19,21-22H,1-2H3;/q-2;+2. The molecule has 0 amide bonds.